The van der Waals surface area contributed by atoms with Crippen molar-refractivity contribution in [2.24, 2.45) is 4.99 Å². The van der Waals surface area contributed by atoms with E-state index in [0.29, 0.717) is 15.6 Å². The molecule has 2 nitrogen and oxygen atoms in total. The van der Waals surface area contributed by atoms with E-state index in [-0.39, 0.29) is 0 Å². The average Bonchev–Trinajstić information content (AvgIpc) is 2.29. The largest absolute Gasteiger partial charge is 0.379 e. The Morgan fingerprint density at radius 3 is 2.41 bits per heavy atom. The summed E-state index contributed by atoms with van der Waals surface area (Å²) in [6.45, 7) is 2.48. The molecule has 0 amide bonds. The molecule has 0 aliphatic carbocycles. The highest BCUT2D eigenvalue weighted by molar-refractivity contribution is 6.36. The highest BCUT2D eigenvalue weighted by atomic mass is 35.5. The van der Waals surface area contributed by atoms with Crippen molar-refractivity contribution in [1.29, 1.82) is 0 Å². The van der Waals surface area contributed by atoms with Crippen LogP contribution in [0.25, 0.3) is 0 Å². The fourth-order valence-electron chi connectivity index (χ4n) is 2.20. The van der Waals surface area contributed by atoms with E-state index in [1.165, 1.54) is 0 Å². The van der Waals surface area contributed by atoms with Crippen LogP contribution in [0, 0.1) is 0 Å². The van der Waals surface area contributed by atoms with Crippen LogP contribution in [0.2, 0.25) is 10.0 Å². The summed E-state index contributed by atoms with van der Waals surface area (Å²) in [5, 5.41) is 11.6. The van der Waals surface area contributed by atoms with Gasteiger partial charge in [0.1, 0.15) is 5.60 Å². The number of halogens is 2. The summed E-state index contributed by atoms with van der Waals surface area (Å²) in [6, 6.07) is 5.24. The van der Waals surface area contributed by atoms with Crippen LogP contribution in [-0.2, 0) is 5.60 Å². The Morgan fingerprint density at radius 1 is 1.24 bits per heavy atom. The first kappa shape index (κ1) is 12.9. The molecular weight excluding hydrogens is 257 g/mol. The zero-order valence-electron chi connectivity index (χ0n) is 9.71. The number of hydrogen-bond donors (Lipinski definition) is 1. The van der Waals surface area contributed by atoms with Crippen LogP contribution in [-0.4, -0.2) is 17.4 Å². The predicted octanol–water partition coefficient (Wildman–Crippen LogP) is 3.83. The van der Waals surface area contributed by atoms with Gasteiger partial charge < -0.3 is 5.11 Å². The van der Waals surface area contributed by atoms with E-state index in [4.69, 9.17) is 23.2 Å². The minimum Gasteiger partial charge on any atom is -0.379 e. The molecule has 4 heteroatoms. The molecule has 0 aromatic heterocycles. The second-order valence-corrected chi connectivity index (χ2v) is 5.27. The van der Waals surface area contributed by atoms with Crippen molar-refractivity contribution in [3.05, 3.63) is 33.8 Å². The van der Waals surface area contributed by atoms with E-state index >= 15 is 0 Å². The summed E-state index contributed by atoms with van der Waals surface area (Å²) >= 11 is 12.3. The molecule has 1 aromatic rings. The van der Waals surface area contributed by atoms with E-state index in [2.05, 4.69) is 4.99 Å². The molecule has 0 saturated carbocycles. The third kappa shape index (κ3) is 2.49. The molecule has 0 bridgehead atoms. The van der Waals surface area contributed by atoms with Gasteiger partial charge in [-0.15, -0.1) is 0 Å². The first-order valence-electron chi connectivity index (χ1n) is 5.74. The lowest BCUT2D eigenvalue weighted by atomic mass is 9.87. The standard InChI is InChI=1S/C13H15Cl2NO/c1-13(17,11-7-2-3-8-16-11)12-9(14)5-4-6-10(12)15/h4-6,17H,2-3,7-8H2,1H3. The van der Waals surface area contributed by atoms with Crippen molar-refractivity contribution in [3.63, 3.8) is 0 Å². The normalized spacial score (nSPS) is 19.6. The van der Waals surface area contributed by atoms with E-state index in [1.54, 1.807) is 25.1 Å². The van der Waals surface area contributed by atoms with Gasteiger partial charge in [0.15, 0.2) is 0 Å². The Hall–Kier alpha value is -0.570. The average molecular weight is 272 g/mol. The fraction of sp³-hybridized carbons (Fsp3) is 0.462. The number of rotatable bonds is 2. The van der Waals surface area contributed by atoms with Gasteiger partial charge in [0.25, 0.3) is 0 Å². The van der Waals surface area contributed by atoms with Crippen LogP contribution in [0.15, 0.2) is 23.2 Å². The zero-order valence-corrected chi connectivity index (χ0v) is 11.2. The van der Waals surface area contributed by atoms with Crippen LogP contribution in [0.1, 0.15) is 31.7 Å². The van der Waals surface area contributed by atoms with Crippen LogP contribution < -0.4 is 0 Å². The summed E-state index contributed by atoms with van der Waals surface area (Å²) in [5.74, 6) is 0. The van der Waals surface area contributed by atoms with Gasteiger partial charge in [-0.1, -0.05) is 29.3 Å². The topological polar surface area (TPSA) is 32.6 Å². The molecule has 1 unspecified atom stereocenters. The van der Waals surface area contributed by atoms with Crippen molar-refractivity contribution < 1.29 is 5.11 Å². The molecule has 1 aliphatic heterocycles. The molecule has 1 aromatic carbocycles. The van der Waals surface area contributed by atoms with Crippen molar-refractivity contribution in [2.45, 2.75) is 31.8 Å². The van der Waals surface area contributed by atoms with E-state index in [0.717, 1.165) is 31.5 Å². The molecule has 0 saturated heterocycles. The highest BCUT2D eigenvalue weighted by Crippen LogP contribution is 2.36. The molecular formula is C13H15Cl2NO. The fourth-order valence-corrected chi connectivity index (χ4v) is 2.97. The minimum absolute atomic E-state index is 0.482. The molecule has 2 rings (SSSR count). The second kappa shape index (κ2) is 4.97. The van der Waals surface area contributed by atoms with Gasteiger partial charge in [-0.05, 0) is 38.3 Å². The smallest absolute Gasteiger partial charge is 0.127 e. The summed E-state index contributed by atoms with van der Waals surface area (Å²) < 4.78 is 0. The quantitative estimate of drug-likeness (QED) is 0.872. The number of aliphatic hydroxyl groups is 1. The minimum atomic E-state index is -1.17. The summed E-state index contributed by atoms with van der Waals surface area (Å²) in [5.41, 5.74) is 0.165. The first-order valence-corrected chi connectivity index (χ1v) is 6.49. The maximum absolute atomic E-state index is 10.7. The molecule has 1 N–H and O–H groups in total. The van der Waals surface area contributed by atoms with Crippen LogP contribution in [0.5, 0.6) is 0 Å². The third-order valence-corrected chi connectivity index (χ3v) is 3.77. The highest BCUT2D eigenvalue weighted by Gasteiger charge is 2.34. The summed E-state index contributed by atoms with van der Waals surface area (Å²) in [7, 11) is 0. The van der Waals surface area contributed by atoms with Gasteiger partial charge >= 0.3 is 0 Å². The van der Waals surface area contributed by atoms with Crippen molar-refractivity contribution in [2.75, 3.05) is 6.54 Å². The lowest BCUT2D eigenvalue weighted by Gasteiger charge is -2.29. The Labute approximate surface area is 111 Å². The lowest BCUT2D eigenvalue weighted by Crippen LogP contribution is -2.34. The Morgan fingerprint density at radius 2 is 1.88 bits per heavy atom. The van der Waals surface area contributed by atoms with Crippen molar-refractivity contribution in [3.8, 4) is 0 Å². The molecule has 1 heterocycles. The summed E-state index contributed by atoms with van der Waals surface area (Å²) in [4.78, 5) is 4.41. The molecule has 0 fully saturated rings. The van der Waals surface area contributed by atoms with Gasteiger partial charge in [0.05, 0.1) is 0 Å². The Kier molecular flexibility index (Phi) is 3.76. The van der Waals surface area contributed by atoms with Gasteiger partial charge in [0, 0.05) is 27.9 Å². The predicted molar refractivity (Wildman–Crippen MR) is 72.2 cm³/mol. The molecule has 0 radical (unpaired) electrons. The molecule has 0 spiro atoms. The Bertz CT molecular complexity index is 434. The van der Waals surface area contributed by atoms with Crippen molar-refractivity contribution in [1.82, 2.24) is 0 Å². The SMILES string of the molecule is CC(O)(C1=NCCCC1)c1c(Cl)cccc1Cl. The summed E-state index contributed by atoms with van der Waals surface area (Å²) in [6.07, 6.45) is 2.93. The van der Waals surface area contributed by atoms with Gasteiger partial charge in [-0.2, -0.15) is 0 Å². The van der Waals surface area contributed by atoms with Gasteiger partial charge in [-0.25, -0.2) is 0 Å². The van der Waals surface area contributed by atoms with Crippen molar-refractivity contribution >= 4 is 28.9 Å². The number of nitrogens with zero attached hydrogens (tertiary/aromatic N) is 1. The molecule has 17 heavy (non-hydrogen) atoms. The molecule has 1 atom stereocenters. The third-order valence-electron chi connectivity index (χ3n) is 3.14. The molecule has 1 aliphatic rings. The maximum Gasteiger partial charge on any atom is 0.127 e. The lowest BCUT2D eigenvalue weighted by molar-refractivity contribution is 0.129. The first-order chi connectivity index (χ1) is 8.03. The van der Waals surface area contributed by atoms with Gasteiger partial charge in [0.2, 0.25) is 0 Å². The van der Waals surface area contributed by atoms with E-state index in [9.17, 15) is 5.11 Å². The van der Waals surface area contributed by atoms with Crippen LogP contribution >= 0.6 is 23.2 Å². The maximum atomic E-state index is 10.7. The van der Waals surface area contributed by atoms with E-state index in [1.807, 2.05) is 0 Å². The second-order valence-electron chi connectivity index (χ2n) is 4.45. The zero-order chi connectivity index (χ0) is 12.5. The number of hydrogen-bond acceptors (Lipinski definition) is 2. The molecule has 92 valence electrons. The Balaban J connectivity index is 2.47. The van der Waals surface area contributed by atoms with Gasteiger partial charge in [-0.3, -0.25) is 4.99 Å². The number of aliphatic imine (C=N–C) groups is 1. The van der Waals surface area contributed by atoms with Crippen LogP contribution in [0.3, 0.4) is 0 Å². The monoisotopic (exact) mass is 271 g/mol. The van der Waals surface area contributed by atoms with E-state index < -0.39 is 5.60 Å². The number of benzene rings is 1. The van der Waals surface area contributed by atoms with Crippen LogP contribution in [0.4, 0.5) is 0 Å².